The van der Waals surface area contributed by atoms with E-state index in [1.807, 2.05) is 0 Å². The van der Waals surface area contributed by atoms with Crippen molar-refractivity contribution in [2.75, 3.05) is 26.2 Å². The maximum absolute atomic E-state index is 11.1. The van der Waals surface area contributed by atoms with Crippen LogP contribution in [0.4, 0.5) is 0 Å². The van der Waals surface area contributed by atoms with E-state index in [1.165, 1.54) is 11.1 Å². The molecule has 4 heteroatoms. The molecular weight excluding hydrogens is 276 g/mol. The minimum Gasteiger partial charge on any atom is -0.387 e. The Hall–Kier alpha value is -1.39. The van der Waals surface area contributed by atoms with Gasteiger partial charge in [-0.2, -0.15) is 0 Å². The number of likely N-dealkylation sites (tertiary alicyclic amines) is 1. The van der Waals surface area contributed by atoms with Gasteiger partial charge in [0.2, 0.25) is 5.91 Å². The molecule has 0 aromatic heterocycles. The van der Waals surface area contributed by atoms with Gasteiger partial charge in [-0.1, -0.05) is 45.0 Å². The van der Waals surface area contributed by atoms with E-state index in [1.54, 1.807) is 0 Å². The molecule has 1 saturated heterocycles. The summed E-state index contributed by atoms with van der Waals surface area (Å²) in [5.41, 5.74) is 2.90. The van der Waals surface area contributed by atoms with E-state index in [0.29, 0.717) is 12.5 Å². The van der Waals surface area contributed by atoms with E-state index in [4.69, 9.17) is 5.11 Å². The summed E-state index contributed by atoms with van der Waals surface area (Å²) < 4.78 is 0. The normalized spacial score (nSPS) is 19.4. The van der Waals surface area contributed by atoms with Crippen molar-refractivity contribution in [2.24, 2.45) is 5.92 Å². The van der Waals surface area contributed by atoms with Gasteiger partial charge in [0, 0.05) is 19.6 Å². The highest BCUT2D eigenvalue weighted by Gasteiger charge is 2.23. The molecule has 1 aromatic carbocycles. The van der Waals surface area contributed by atoms with Gasteiger partial charge < -0.3 is 10.4 Å². The van der Waals surface area contributed by atoms with Gasteiger partial charge in [0.15, 0.2) is 0 Å². The van der Waals surface area contributed by atoms with Crippen molar-refractivity contribution in [3.05, 3.63) is 35.4 Å². The first kappa shape index (κ1) is 17.0. The van der Waals surface area contributed by atoms with Crippen LogP contribution in [0.25, 0.3) is 0 Å². The lowest BCUT2D eigenvalue weighted by molar-refractivity contribution is -0.123. The molecule has 122 valence electrons. The van der Waals surface area contributed by atoms with Crippen LogP contribution in [0, 0.1) is 5.92 Å². The van der Waals surface area contributed by atoms with Crippen LogP contribution >= 0.6 is 0 Å². The van der Waals surface area contributed by atoms with Crippen LogP contribution in [0.5, 0.6) is 0 Å². The third-order valence-corrected chi connectivity index (χ3v) is 4.33. The van der Waals surface area contributed by atoms with Gasteiger partial charge in [-0.15, -0.1) is 0 Å². The molecule has 1 fully saturated rings. The van der Waals surface area contributed by atoms with Crippen LogP contribution in [-0.2, 0) is 16.8 Å². The smallest absolute Gasteiger partial charge is 0.245 e. The first-order chi connectivity index (χ1) is 10.4. The monoisotopic (exact) mass is 304 g/mol. The van der Waals surface area contributed by atoms with Gasteiger partial charge >= 0.3 is 0 Å². The summed E-state index contributed by atoms with van der Waals surface area (Å²) in [5, 5.41) is 11.5. The number of carbonyl (C=O) groups excluding carboxylic acids is 1. The number of hydrogen-bond acceptors (Lipinski definition) is 3. The Kier molecular flexibility index (Phi) is 5.59. The summed E-state index contributed by atoms with van der Waals surface area (Å²) in [6.07, 6.45) is 1.10. The molecule has 4 nitrogen and oxygen atoms in total. The molecule has 1 aromatic rings. The van der Waals surface area contributed by atoms with Gasteiger partial charge in [-0.3, -0.25) is 9.69 Å². The summed E-state index contributed by atoms with van der Waals surface area (Å²) in [5.74, 6) is 0.209. The van der Waals surface area contributed by atoms with E-state index < -0.39 is 6.61 Å². The van der Waals surface area contributed by atoms with E-state index in [9.17, 15) is 4.79 Å². The Morgan fingerprint density at radius 1 is 1.32 bits per heavy atom. The van der Waals surface area contributed by atoms with Crippen molar-refractivity contribution < 1.29 is 9.90 Å². The molecule has 0 radical (unpaired) electrons. The maximum Gasteiger partial charge on any atom is 0.245 e. The molecule has 1 heterocycles. The van der Waals surface area contributed by atoms with Gasteiger partial charge in [0.25, 0.3) is 0 Å². The fraction of sp³-hybridized carbons (Fsp3) is 0.611. The number of carbonyl (C=O) groups is 1. The summed E-state index contributed by atoms with van der Waals surface area (Å²) in [4.78, 5) is 13.5. The quantitative estimate of drug-likeness (QED) is 0.874. The average molecular weight is 304 g/mol. The Labute approximate surface area is 133 Å². The highest BCUT2D eigenvalue weighted by atomic mass is 16.3. The molecule has 2 rings (SSSR count). The molecular formula is C18H28N2O2. The summed E-state index contributed by atoms with van der Waals surface area (Å²) in [6, 6.07) is 8.90. The Bertz CT molecular complexity index is 491. The highest BCUT2D eigenvalue weighted by molar-refractivity contribution is 5.76. The van der Waals surface area contributed by atoms with Crippen molar-refractivity contribution in [3.63, 3.8) is 0 Å². The van der Waals surface area contributed by atoms with Gasteiger partial charge in [-0.05, 0) is 35.4 Å². The standard InChI is InChI=1S/C18H28N2O2/c1-18(2,3)16-6-4-14(5-7-16)11-20-9-8-15(12-20)10-19-17(22)13-21/h4-7,15,21H,8-13H2,1-3H3,(H,19,22)/t15-/m0/s1. The van der Waals surface area contributed by atoms with E-state index in [-0.39, 0.29) is 11.3 Å². The Balaban J connectivity index is 1.81. The minimum atomic E-state index is -0.420. The largest absolute Gasteiger partial charge is 0.387 e. The zero-order chi connectivity index (χ0) is 16.2. The molecule has 1 amide bonds. The van der Waals surface area contributed by atoms with Crippen molar-refractivity contribution in [1.82, 2.24) is 10.2 Å². The Morgan fingerprint density at radius 3 is 2.59 bits per heavy atom. The second kappa shape index (κ2) is 7.25. The predicted molar refractivity (Wildman–Crippen MR) is 88.6 cm³/mol. The van der Waals surface area contributed by atoms with Crippen LogP contribution in [0.1, 0.15) is 38.3 Å². The zero-order valence-corrected chi connectivity index (χ0v) is 13.9. The van der Waals surface area contributed by atoms with Crippen molar-refractivity contribution in [3.8, 4) is 0 Å². The van der Waals surface area contributed by atoms with Crippen LogP contribution in [0.2, 0.25) is 0 Å². The second-order valence-electron chi connectivity index (χ2n) is 7.30. The number of amides is 1. The molecule has 0 aliphatic carbocycles. The van der Waals surface area contributed by atoms with Crippen molar-refractivity contribution in [2.45, 2.75) is 39.2 Å². The lowest BCUT2D eigenvalue weighted by Gasteiger charge is -2.20. The number of benzene rings is 1. The first-order valence-electron chi connectivity index (χ1n) is 8.08. The fourth-order valence-electron chi connectivity index (χ4n) is 2.91. The molecule has 1 atom stereocenters. The number of aliphatic hydroxyl groups excluding tert-OH is 1. The van der Waals surface area contributed by atoms with E-state index >= 15 is 0 Å². The number of nitrogens with one attached hydrogen (secondary N) is 1. The van der Waals surface area contributed by atoms with Crippen LogP contribution in [0.15, 0.2) is 24.3 Å². The molecule has 1 aliphatic heterocycles. The molecule has 22 heavy (non-hydrogen) atoms. The fourth-order valence-corrected chi connectivity index (χ4v) is 2.91. The van der Waals surface area contributed by atoms with E-state index in [2.05, 4.69) is 55.3 Å². The van der Waals surface area contributed by atoms with Crippen molar-refractivity contribution in [1.29, 1.82) is 0 Å². The van der Waals surface area contributed by atoms with Crippen LogP contribution in [-0.4, -0.2) is 42.2 Å². The lowest BCUT2D eigenvalue weighted by atomic mass is 9.87. The summed E-state index contributed by atoms with van der Waals surface area (Å²) in [6.45, 7) is 9.98. The predicted octanol–water partition coefficient (Wildman–Crippen LogP) is 1.91. The second-order valence-corrected chi connectivity index (χ2v) is 7.30. The Morgan fingerprint density at radius 2 is 2.00 bits per heavy atom. The van der Waals surface area contributed by atoms with Gasteiger partial charge in [0.1, 0.15) is 6.61 Å². The third-order valence-electron chi connectivity index (χ3n) is 4.33. The van der Waals surface area contributed by atoms with Gasteiger partial charge in [0.05, 0.1) is 0 Å². The topological polar surface area (TPSA) is 52.6 Å². The summed E-state index contributed by atoms with van der Waals surface area (Å²) >= 11 is 0. The van der Waals surface area contributed by atoms with Crippen molar-refractivity contribution >= 4 is 5.91 Å². The number of aliphatic hydroxyl groups is 1. The van der Waals surface area contributed by atoms with Gasteiger partial charge in [-0.25, -0.2) is 0 Å². The average Bonchev–Trinajstić information content (AvgIpc) is 2.92. The molecule has 0 saturated carbocycles. The molecule has 0 spiro atoms. The SMILES string of the molecule is CC(C)(C)c1ccc(CN2CC[C@@H](CNC(=O)CO)C2)cc1. The molecule has 0 bridgehead atoms. The number of rotatable bonds is 5. The zero-order valence-electron chi connectivity index (χ0n) is 13.9. The number of hydrogen-bond donors (Lipinski definition) is 2. The third kappa shape index (κ3) is 4.82. The maximum atomic E-state index is 11.1. The molecule has 1 aliphatic rings. The minimum absolute atomic E-state index is 0.197. The van der Waals surface area contributed by atoms with Crippen LogP contribution < -0.4 is 5.32 Å². The molecule has 2 N–H and O–H groups in total. The molecule has 0 unspecified atom stereocenters. The first-order valence-corrected chi connectivity index (χ1v) is 8.08. The lowest BCUT2D eigenvalue weighted by Crippen LogP contribution is -2.32. The van der Waals surface area contributed by atoms with E-state index in [0.717, 1.165) is 26.1 Å². The summed E-state index contributed by atoms with van der Waals surface area (Å²) in [7, 11) is 0. The number of nitrogens with zero attached hydrogens (tertiary/aromatic N) is 1. The van der Waals surface area contributed by atoms with Crippen LogP contribution in [0.3, 0.4) is 0 Å². The highest BCUT2D eigenvalue weighted by Crippen LogP contribution is 2.23.